The lowest BCUT2D eigenvalue weighted by molar-refractivity contribution is -0.137. The third kappa shape index (κ3) is 7.58. The van der Waals surface area contributed by atoms with Crippen LogP contribution in [-0.2, 0) is 19.1 Å². The Balaban J connectivity index is 1.12. The second-order valence-electron chi connectivity index (χ2n) is 15.7. The number of aromatic amines is 2. The maximum absolute atomic E-state index is 14.8. The van der Waals surface area contributed by atoms with E-state index in [-0.39, 0.29) is 11.6 Å². The van der Waals surface area contributed by atoms with E-state index in [0.29, 0.717) is 11.4 Å². The Labute approximate surface area is 329 Å². The van der Waals surface area contributed by atoms with Crippen molar-refractivity contribution in [2.45, 2.75) is 76.5 Å². The summed E-state index contributed by atoms with van der Waals surface area (Å²) in [6, 6.07) is 7.23. The Kier molecular flexibility index (Phi) is 10.5. The quantitative estimate of drug-likeness (QED) is 0.126. The molecule has 4 aromatic rings. The summed E-state index contributed by atoms with van der Waals surface area (Å²) in [5.74, 6) is -8.06. The number of aromatic nitrogens is 4. The molecule has 0 bridgehead atoms. The van der Waals surface area contributed by atoms with Gasteiger partial charge in [0.15, 0.2) is 0 Å². The van der Waals surface area contributed by atoms with Gasteiger partial charge >= 0.3 is 12.2 Å². The van der Waals surface area contributed by atoms with Gasteiger partial charge in [0.25, 0.3) is 11.8 Å². The number of nitrogens with zero attached hydrogens (tertiary/aromatic N) is 4. The number of carbonyl (C=O) groups excluding carboxylic acids is 4. The van der Waals surface area contributed by atoms with Crippen molar-refractivity contribution in [1.29, 1.82) is 0 Å². The molecule has 1 aliphatic carbocycles. The van der Waals surface area contributed by atoms with E-state index < -0.39 is 97.8 Å². The molecule has 2 saturated heterocycles. The molecule has 2 aliphatic heterocycles. The number of benzene rings is 2. The summed E-state index contributed by atoms with van der Waals surface area (Å²) in [5, 5.41) is 8.72. The summed E-state index contributed by atoms with van der Waals surface area (Å²) >= 11 is 0. The van der Waals surface area contributed by atoms with Crippen LogP contribution in [0.5, 0.6) is 0 Å². The SMILES string of the molecule is COC(=O)N[C@H](C(=O)N1CC(F)(F)C[C@H]1c1ncc(-c2ccc3c(c2)=c2ccc(-c4cnc([C@@H]5CC(F)(F)CN5C(=O)[C@@H](NC(=O)OC)C(C)C)[nH]4)cc2=3)[nH]1)C(C)C. The number of hydrogen-bond donors (Lipinski definition) is 4. The number of fused-ring (bicyclic) bond motifs is 2. The zero-order valence-electron chi connectivity index (χ0n) is 32.7. The van der Waals surface area contributed by atoms with Crippen LogP contribution in [0.4, 0.5) is 27.2 Å². The highest BCUT2D eigenvalue weighted by molar-refractivity contribution is 5.87. The number of nitrogens with one attached hydrogen (secondary N) is 4. The average Bonchev–Trinajstić information content (AvgIpc) is 3.98. The molecule has 2 aromatic heterocycles. The maximum atomic E-state index is 14.8. The smallest absolute Gasteiger partial charge is 0.407 e. The first-order valence-electron chi connectivity index (χ1n) is 18.8. The molecule has 0 spiro atoms. The summed E-state index contributed by atoms with van der Waals surface area (Å²) in [6.07, 6.45) is 0.121. The zero-order valence-corrected chi connectivity index (χ0v) is 32.7. The van der Waals surface area contributed by atoms with Crippen LogP contribution in [-0.4, -0.2) is 105 Å². The molecule has 4 atom stereocenters. The number of ether oxygens (including phenoxy) is 2. The van der Waals surface area contributed by atoms with Gasteiger partial charge in [-0.15, -0.1) is 0 Å². The second-order valence-corrected chi connectivity index (χ2v) is 15.7. The van der Waals surface area contributed by atoms with Crippen molar-refractivity contribution in [2.75, 3.05) is 27.3 Å². The molecule has 0 saturated carbocycles. The largest absolute Gasteiger partial charge is 0.453 e. The molecule has 3 aliphatic rings. The molecule has 18 heteroatoms. The first-order valence-corrected chi connectivity index (χ1v) is 18.8. The molecule has 4 N–H and O–H groups in total. The van der Waals surface area contributed by atoms with Crippen LogP contribution < -0.4 is 10.6 Å². The lowest BCUT2D eigenvalue weighted by atomic mass is 9.96. The van der Waals surface area contributed by atoms with Crippen molar-refractivity contribution in [1.82, 2.24) is 40.4 Å². The Bertz CT molecular complexity index is 2280. The van der Waals surface area contributed by atoms with Crippen LogP contribution >= 0.6 is 0 Å². The first-order chi connectivity index (χ1) is 27.4. The number of methoxy groups -OCH3 is 2. The monoisotopic (exact) mass is 808 g/mol. The van der Waals surface area contributed by atoms with Crippen LogP contribution in [0.1, 0.15) is 64.3 Å². The third-order valence-corrected chi connectivity index (χ3v) is 11.0. The van der Waals surface area contributed by atoms with Crippen LogP contribution in [0.3, 0.4) is 0 Å². The fraction of sp³-hybridized carbons (Fsp3) is 0.450. The van der Waals surface area contributed by atoms with E-state index >= 15 is 0 Å². The highest BCUT2D eigenvalue weighted by atomic mass is 19.3. The van der Waals surface area contributed by atoms with E-state index in [4.69, 9.17) is 0 Å². The van der Waals surface area contributed by atoms with Gasteiger partial charge in [0, 0.05) is 24.0 Å². The number of imidazole rings is 2. The number of rotatable bonds is 10. The molecule has 4 amide bonds. The molecular weight excluding hydrogens is 764 g/mol. The van der Waals surface area contributed by atoms with Crippen molar-refractivity contribution in [3.05, 3.63) is 81.3 Å². The van der Waals surface area contributed by atoms with Gasteiger partial charge < -0.3 is 39.9 Å². The fourth-order valence-corrected chi connectivity index (χ4v) is 7.92. The molecule has 2 aromatic carbocycles. The van der Waals surface area contributed by atoms with Crippen LogP contribution in [0, 0.1) is 32.7 Å². The molecule has 308 valence electrons. The Morgan fingerprint density at radius 1 is 0.672 bits per heavy atom. The van der Waals surface area contributed by atoms with Crippen LogP contribution in [0.25, 0.3) is 22.5 Å². The first kappa shape index (κ1) is 40.3. The minimum Gasteiger partial charge on any atom is -0.453 e. The minimum atomic E-state index is -3.16. The number of hydrogen-bond acceptors (Lipinski definition) is 8. The van der Waals surface area contributed by atoms with Crippen molar-refractivity contribution in [3.63, 3.8) is 0 Å². The molecule has 4 heterocycles. The molecule has 58 heavy (non-hydrogen) atoms. The lowest BCUT2D eigenvalue weighted by Gasteiger charge is -2.29. The van der Waals surface area contributed by atoms with Crippen molar-refractivity contribution >= 4 is 24.0 Å². The standard InChI is InChI=1S/C40H44F4N8O6/c1-19(2)31(49-37(55)57-5)35(53)51-17-39(41,42)13-29(51)33-45-15-27(47-33)21-7-9-23-25(11-21)24-10-8-22(12-26(23)24)28-16-46-34(48-28)30-14-40(43,44)18-52(30)36(54)32(20(3)4)50-38(56)58-6/h7-12,15-16,19-20,29-32H,13-14,17-18H2,1-6H3,(H,45,47)(H,46,48)(H,49,55)(H,50,56)/t29-,30-,31-,32-/m0/s1. The van der Waals surface area contributed by atoms with E-state index in [0.717, 1.165) is 56.0 Å². The molecule has 2 fully saturated rings. The third-order valence-electron chi connectivity index (χ3n) is 11.0. The molecule has 0 unspecified atom stereocenters. The van der Waals surface area contributed by atoms with Gasteiger partial charge in [0.05, 0.1) is 63.2 Å². The number of carbonyl (C=O) groups is 4. The Morgan fingerprint density at radius 2 is 1.05 bits per heavy atom. The molecular formula is C40H44F4N8O6. The topological polar surface area (TPSA) is 175 Å². The number of likely N-dealkylation sites (tertiary alicyclic amines) is 2. The summed E-state index contributed by atoms with van der Waals surface area (Å²) in [6.45, 7) is 5.15. The zero-order chi connectivity index (χ0) is 41.8. The maximum Gasteiger partial charge on any atom is 0.407 e. The van der Waals surface area contributed by atoms with E-state index in [1.807, 2.05) is 36.4 Å². The number of H-pyrrole nitrogens is 2. The van der Waals surface area contributed by atoms with Crippen LogP contribution in [0.15, 0.2) is 48.8 Å². The summed E-state index contributed by atoms with van der Waals surface area (Å²) in [4.78, 5) is 68.2. The fourth-order valence-electron chi connectivity index (χ4n) is 7.92. The van der Waals surface area contributed by atoms with Gasteiger partial charge in [-0.3, -0.25) is 9.59 Å². The van der Waals surface area contributed by atoms with Crippen molar-refractivity contribution in [2.24, 2.45) is 11.8 Å². The van der Waals surface area contributed by atoms with Crippen molar-refractivity contribution < 1.29 is 46.2 Å². The van der Waals surface area contributed by atoms with E-state index in [1.54, 1.807) is 27.7 Å². The van der Waals surface area contributed by atoms with Gasteiger partial charge in [-0.2, -0.15) is 0 Å². The average molecular weight is 809 g/mol. The van der Waals surface area contributed by atoms with E-state index in [2.05, 4.69) is 40.0 Å². The second kappa shape index (κ2) is 15.1. The normalized spacial score (nSPS) is 19.9. The van der Waals surface area contributed by atoms with Gasteiger partial charge in [-0.1, -0.05) is 52.0 Å². The summed E-state index contributed by atoms with van der Waals surface area (Å²) in [5.41, 5.74) is 2.62. The highest BCUT2D eigenvalue weighted by Gasteiger charge is 2.51. The Hall–Kier alpha value is -5.94. The number of amides is 4. The van der Waals surface area contributed by atoms with E-state index in [1.165, 1.54) is 12.4 Å². The minimum absolute atomic E-state index is 0.194. The predicted molar refractivity (Wildman–Crippen MR) is 200 cm³/mol. The Morgan fingerprint density at radius 3 is 1.40 bits per heavy atom. The van der Waals surface area contributed by atoms with Gasteiger partial charge in [0.1, 0.15) is 23.7 Å². The number of alkyl halides is 4. The van der Waals surface area contributed by atoms with Gasteiger partial charge in [-0.05, 0) is 44.8 Å². The molecule has 7 rings (SSSR count). The lowest BCUT2D eigenvalue weighted by Crippen LogP contribution is -2.51. The summed E-state index contributed by atoms with van der Waals surface area (Å²) in [7, 11) is 2.31. The van der Waals surface area contributed by atoms with Crippen LogP contribution in [0.2, 0.25) is 0 Å². The number of alkyl carbamates (subject to hydrolysis) is 2. The molecule has 0 radical (unpaired) electrons. The van der Waals surface area contributed by atoms with Crippen molar-refractivity contribution in [3.8, 4) is 22.5 Å². The summed E-state index contributed by atoms with van der Waals surface area (Å²) < 4.78 is 68.6. The van der Waals surface area contributed by atoms with E-state index in [9.17, 15) is 36.7 Å². The van der Waals surface area contributed by atoms with Gasteiger partial charge in [-0.25, -0.2) is 37.1 Å². The predicted octanol–water partition coefficient (Wildman–Crippen LogP) is 5.93. The highest BCUT2D eigenvalue weighted by Crippen LogP contribution is 2.43. The van der Waals surface area contributed by atoms with Gasteiger partial charge in [0.2, 0.25) is 11.8 Å². The molecule has 14 nitrogen and oxygen atoms in total. The number of halogens is 4.